The molecule has 0 bridgehead atoms. The van der Waals surface area contributed by atoms with Gasteiger partial charge in [0.2, 0.25) is 5.91 Å². The van der Waals surface area contributed by atoms with E-state index in [1.54, 1.807) is 26.2 Å². The average Bonchev–Trinajstić information content (AvgIpc) is 3.46. The average molecular weight is 519 g/mol. The molecular weight excluding hydrogens is 492 g/mol. The van der Waals surface area contributed by atoms with Gasteiger partial charge in [0.25, 0.3) is 0 Å². The van der Waals surface area contributed by atoms with Crippen LogP contribution in [0.25, 0.3) is 10.9 Å². The van der Waals surface area contributed by atoms with E-state index in [1.807, 2.05) is 36.4 Å². The van der Waals surface area contributed by atoms with Gasteiger partial charge in [-0.3, -0.25) is 9.89 Å². The molecule has 1 amide bonds. The van der Waals surface area contributed by atoms with Crippen LogP contribution in [-0.2, 0) is 20.0 Å². The number of hydrogen-bond donors (Lipinski definition) is 3. The predicted molar refractivity (Wildman–Crippen MR) is 141 cm³/mol. The van der Waals surface area contributed by atoms with Gasteiger partial charge in [-0.05, 0) is 66.1 Å². The third-order valence-electron chi connectivity index (χ3n) is 7.47. The minimum Gasteiger partial charge on any atom is -0.497 e. The highest BCUT2D eigenvalue weighted by Gasteiger charge is 2.65. The van der Waals surface area contributed by atoms with Crippen LogP contribution in [-0.4, -0.2) is 44.5 Å². The molecule has 0 unspecified atom stereocenters. The van der Waals surface area contributed by atoms with Crippen molar-refractivity contribution in [3.63, 3.8) is 0 Å². The van der Waals surface area contributed by atoms with Crippen LogP contribution in [0.4, 0.5) is 17.2 Å². The van der Waals surface area contributed by atoms with E-state index >= 15 is 0 Å². The summed E-state index contributed by atoms with van der Waals surface area (Å²) >= 11 is 0. The largest absolute Gasteiger partial charge is 0.497 e. The van der Waals surface area contributed by atoms with Gasteiger partial charge in [-0.1, -0.05) is 13.0 Å². The molecule has 2 atom stereocenters. The third-order valence-corrected chi connectivity index (χ3v) is 9.21. The number of carbonyl (C=O) groups is 1. The van der Waals surface area contributed by atoms with E-state index in [-0.39, 0.29) is 22.5 Å². The van der Waals surface area contributed by atoms with Gasteiger partial charge in [0.1, 0.15) is 11.5 Å². The monoisotopic (exact) mass is 518 g/mol. The Labute approximate surface area is 214 Å². The second-order valence-corrected chi connectivity index (χ2v) is 11.6. The lowest BCUT2D eigenvalue weighted by Crippen LogP contribution is -2.21. The SMILES string of the molecule is CCS(=O)(=O)c1ccc(OC)c(Nc2n[nH]c3cc([C@@H]4C[C@@]45C(=O)Nc4ccc(OC)cc45)ccc23)c1. The number of rotatable bonds is 7. The molecule has 1 saturated carbocycles. The molecule has 0 radical (unpaired) electrons. The van der Waals surface area contributed by atoms with Gasteiger partial charge < -0.3 is 20.1 Å². The number of nitrogens with one attached hydrogen (secondary N) is 3. The van der Waals surface area contributed by atoms with Gasteiger partial charge in [0.05, 0.1) is 41.5 Å². The van der Waals surface area contributed by atoms with Crippen LogP contribution in [0.3, 0.4) is 0 Å². The van der Waals surface area contributed by atoms with Crippen molar-refractivity contribution in [3.8, 4) is 11.5 Å². The summed E-state index contributed by atoms with van der Waals surface area (Å²) in [7, 11) is -0.231. The van der Waals surface area contributed by atoms with Crippen LogP contribution in [0.5, 0.6) is 11.5 Å². The van der Waals surface area contributed by atoms with E-state index in [9.17, 15) is 13.2 Å². The van der Waals surface area contributed by atoms with E-state index in [4.69, 9.17) is 9.47 Å². The lowest BCUT2D eigenvalue weighted by atomic mass is 9.91. The Hall–Kier alpha value is -4.05. The number of sulfone groups is 1. The maximum absolute atomic E-state index is 13.0. The fourth-order valence-electron chi connectivity index (χ4n) is 5.32. The summed E-state index contributed by atoms with van der Waals surface area (Å²) in [6.07, 6.45) is 0.722. The van der Waals surface area contributed by atoms with E-state index in [0.717, 1.165) is 39.9 Å². The fourth-order valence-corrected chi connectivity index (χ4v) is 6.23. The minimum atomic E-state index is -3.38. The molecule has 190 valence electrons. The number of carbonyl (C=O) groups excluding carboxylic acids is 1. The van der Waals surface area contributed by atoms with Crippen LogP contribution in [0.1, 0.15) is 30.4 Å². The number of fused-ring (bicyclic) bond motifs is 3. The van der Waals surface area contributed by atoms with Crippen molar-refractivity contribution in [1.29, 1.82) is 0 Å². The first-order valence-corrected chi connectivity index (χ1v) is 13.6. The molecule has 2 heterocycles. The molecule has 1 aliphatic carbocycles. The first-order valence-electron chi connectivity index (χ1n) is 12.0. The van der Waals surface area contributed by atoms with E-state index < -0.39 is 15.3 Å². The summed E-state index contributed by atoms with van der Waals surface area (Å²) in [6, 6.07) is 16.4. The zero-order chi connectivity index (χ0) is 25.9. The van der Waals surface area contributed by atoms with Crippen LogP contribution >= 0.6 is 0 Å². The van der Waals surface area contributed by atoms with Crippen molar-refractivity contribution in [2.24, 2.45) is 0 Å². The number of aromatic nitrogens is 2. The number of hydrogen-bond acceptors (Lipinski definition) is 7. The summed E-state index contributed by atoms with van der Waals surface area (Å²) in [6.45, 7) is 1.61. The highest BCUT2D eigenvalue weighted by Crippen LogP contribution is 2.65. The smallest absolute Gasteiger partial charge is 0.235 e. The van der Waals surface area contributed by atoms with Gasteiger partial charge in [0, 0.05) is 17.0 Å². The summed E-state index contributed by atoms with van der Waals surface area (Å²) in [4.78, 5) is 13.2. The molecule has 3 N–H and O–H groups in total. The fraction of sp³-hybridized carbons (Fsp3) is 0.259. The molecule has 37 heavy (non-hydrogen) atoms. The van der Waals surface area contributed by atoms with E-state index in [1.165, 1.54) is 13.2 Å². The van der Waals surface area contributed by atoms with Crippen LogP contribution in [0, 0.1) is 0 Å². The molecular formula is C27H26N4O5S. The van der Waals surface area contributed by atoms with Gasteiger partial charge >= 0.3 is 0 Å². The Bertz CT molecular complexity index is 1680. The molecule has 1 spiro atoms. The zero-order valence-corrected chi connectivity index (χ0v) is 21.4. The first-order chi connectivity index (χ1) is 17.8. The van der Waals surface area contributed by atoms with Crippen molar-refractivity contribution < 1.29 is 22.7 Å². The van der Waals surface area contributed by atoms with Crippen molar-refractivity contribution in [1.82, 2.24) is 10.2 Å². The maximum Gasteiger partial charge on any atom is 0.235 e. The maximum atomic E-state index is 13.0. The lowest BCUT2D eigenvalue weighted by molar-refractivity contribution is -0.118. The van der Waals surface area contributed by atoms with Crippen molar-refractivity contribution in [2.75, 3.05) is 30.6 Å². The molecule has 3 aromatic carbocycles. The Balaban J connectivity index is 1.32. The third kappa shape index (κ3) is 3.54. The predicted octanol–water partition coefficient (Wildman–Crippen LogP) is 4.49. The molecule has 1 aromatic heterocycles. The standard InChI is InChI=1S/C27H26N4O5S/c1-4-37(33,34)17-7-10-24(36-3)23(13-17)28-25-18-8-5-15(11-22(18)30-31-25)20-14-27(20)19-12-16(35-2)6-9-21(19)29-26(27)32/h5-13,20H,4,14H2,1-3H3,(H,29,32)(H2,28,30,31)/t20-,27-/m0/s1. The molecule has 6 rings (SSSR count). The highest BCUT2D eigenvalue weighted by atomic mass is 32.2. The van der Waals surface area contributed by atoms with Crippen molar-refractivity contribution in [2.45, 2.75) is 29.6 Å². The summed E-state index contributed by atoms with van der Waals surface area (Å²) in [5, 5.41) is 14.6. The van der Waals surface area contributed by atoms with Crippen molar-refractivity contribution in [3.05, 3.63) is 65.7 Å². The topological polar surface area (TPSA) is 122 Å². The van der Waals surface area contributed by atoms with Crippen molar-refractivity contribution >= 4 is 43.8 Å². The number of H-pyrrole nitrogens is 1. The van der Waals surface area contributed by atoms with Gasteiger partial charge in [-0.2, -0.15) is 5.10 Å². The number of methoxy groups -OCH3 is 2. The number of ether oxygens (including phenoxy) is 2. The Morgan fingerprint density at radius 3 is 2.68 bits per heavy atom. The Morgan fingerprint density at radius 1 is 1.08 bits per heavy atom. The second-order valence-electron chi connectivity index (χ2n) is 9.36. The molecule has 4 aromatic rings. The van der Waals surface area contributed by atoms with Gasteiger partial charge in [0.15, 0.2) is 15.7 Å². The summed E-state index contributed by atoms with van der Waals surface area (Å²) < 4.78 is 35.6. The molecule has 2 aliphatic rings. The second kappa shape index (κ2) is 8.24. The number of amides is 1. The highest BCUT2D eigenvalue weighted by molar-refractivity contribution is 7.91. The molecule has 1 fully saturated rings. The van der Waals surface area contributed by atoms with Gasteiger partial charge in [-0.15, -0.1) is 0 Å². The number of aromatic amines is 1. The van der Waals surface area contributed by atoms with Crippen LogP contribution in [0.2, 0.25) is 0 Å². The van der Waals surface area contributed by atoms with Gasteiger partial charge in [-0.25, -0.2) is 8.42 Å². The number of nitrogens with zero attached hydrogens (tertiary/aromatic N) is 1. The molecule has 9 nitrogen and oxygen atoms in total. The van der Waals surface area contributed by atoms with Crippen LogP contribution < -0.4 is 20.1 Å². The van der Waals surface area contributed by atoms with Crippen LogP contribution in [0.15, 0.2) is 59.5 Å². The zero-order valence-electron chi connectivity index (χ0n) is 20.6. The Kier molecular flexibility index (Phi) is 5.20. The first kappa shape index (κ1) is 23.4. The molecule has 1 aliphatic heterocycles. The Morgan fingerprint density at radius 2 is 1.92 bits per heavy atom. The quantitative estimate of drug-likeness (QED) is 0.329. The minimum absolute atomic E-state index is 0.00478. The molecule has 10 heteroatoms. The lowest BCUT2D eigenvalue weighted by Gasteiger charge is -2.12. The number of anilines is 3. The summed E-state index contributed by atoms with van der Waals surface area (Å²) in [5.74, 6) is 1.84. The normalized spacial score (nSPS) is 20.1. The van der Waals surface area contributed by atoms with E-state index in [0.29, 0.717) is 17.3 Å². The van der Waals surface area contributed by atoms with E-state index in [2.05, 4.69) is 20.8 Å². The number of benzene rings is 3. The molecule has 0 saturated heterocycles. The summed E-state index contributed by atoms with van der Waals surface area (Å²) in [5.41, 5.74) is 3.58.